The quantitative estimate of drug-likeness (QED) is 0.787. The van der Waals surface area contributed by atoms with Crippen molar-refractivity contribution in [3.05, 3.63) is 29.3 Å². The molecule has 1 aliphatic rings. The number of nitriles is 1. The third kappa shape index (κ3) is 2.56. The largest absolute Gasteiger partial charge is 0.369 e. The number of aryl methyl sites for hydroxylation is 1. The molecule has 1 aromatic rings. The minimum absolute atomic E-state index is 0.110. The first-order chi connectivity index (χ1) is 8.20. The van der Waals surface area contributed by atoms with Crippen LogP contribution in [0.5, 0.6) is 0 Å². The summed E-state index contributed by atoms with van der Waals surface area (Å²) in [6, 6.07) is 7.80. The number of nitrogens with zero attached hydrogens (tertiary/aromatic N) is 2. The van der Waals surface area contributed by atoms with Crippen molar-refractivity contribution in [1.29, 1.82) is 5.26 Å². The molecule has 88 valence electrons. The normalized spacial score (nSPS) is 16.0. The van der Waals surface area contributed by atoms with Crippen molar-refractivity contribution in [2.75, 3.05) is 24.5 Å². The second kappa shape index (κ2) is 4.88. The van der Waals surface area contributed by atoms with Crippen LogP contribution >= 0.6 is 0 Å². The molecule has 17 heavy (non-hydrogen) atoms. The van der Waals surface area contributed by atoms with E-state index in [1.165, 1.54) is 0 Å². The molecule has 0 aliphatic carbocycles. The first-order valence-corrected chi connectivity index (χ1v) is 5.73. The van der Waals surface area contributed by atoms with E-state index in [1.54, 1.807) is 0 Å². The van der Waals surface area contributed by atoms with Gasteiger partial charge in [0.2, 0.25) is 5.91 Å². The Morgan fingerprint density at radius 1 is 1.41 bits per heavy atom. The first-order valence-electron chi connectivity index (χ1n) is 5.73. The minimum Gasteiger partial charge on any atom is -0.369 e. The number of benzene rings is 1. The van der Waals surface area contributed by atoms with Crippen LogP contribution in [-0.4, -0.2) is 25.5 Å². The van der Waals surface area contributed by atoms with E-state index in [1.807, 2.05) is 25.1 Å². The number of rotatable bonds is 1. The van der Waals surface area contributed by atoms with Gasteiger partial charge in [0.25, 0.3) is 0 Å². The Hall–Kier alpha value is -2.02. The molecular formula is C13H15N3O. The van der Waals surface area contributed by atoms with Crippen LogP contribution in [0.2, 0.25) is 0 Å². The average molecular weight is 229 g/mol. The summed E-state index contributed by atoms with van der Waals surface area (Å²) in [4.78, 5) is 13.5. The van der Waals surface area contributed by atoms with E-state index in [2.05, 4.69) is 16.3 Å². The van der Waals surface area contributed by atoms with Crippen LogP contribution in [0.1, 0.15) is 17.5 Å². The Morgan fingerprint density at radius 3 is 2.94 bits per heavy atom. The van der Waals surface area contributed by atoms with Crippen LogP contribution < -0.4 is 10.2 Å². The zero-order chi connectivity index (χ0) is 12.3. The smallest absolute Gasteiger partial charge is 0.221 e. The lowest BCUT2D eigenvalue weighted by Gasteiger charge is -2.23. The van der Waals surface area contributed by atoms with Crippen LogP contribution in [0.3, 0.4) is 0 Å². The third-order valence-corrected chi connectivity index (χ3v) is 2.98. The molecule has 1 saturated heterocycles. The zero-order valence-corrected chi connectivity index (χ0v) is 9.86. The molecule has 1 heterocycles. The predicted molar refractivity (Wildman–Crippen MR) is 65.7 cm³/mol. The summed E-state index contributed by atoms with van der Waals surface area (Å²) < 4.78 is 0. The summed E-state index contributed by atoms with van der Waals surface area (Å²) in [5.74, 6) is 0.110. The van der Waals surface area contributed by atoms with Crippen molar-refractivity contribution >= 4 is 11.6 Å². The molecule has 0 aromatic heterocycles. The van der Waals surface area contributed by atoms with Gasteiger partial charge in [-0.15, -0.1) is 0 Å². The van der Waals surface area contributed by atoms with Crippen molar-refractivity contribution < 1.29 is 4.79 Å². The lowest BCUT2D eigenvalue weighted by molar-refractivity contribution is -0.120. The number of carbonyl (C=O) groups excluding carboxylic acids is 1. The molecule has 0 atom stereocenters. The lowest BCUT2D eigenvalue weighted by Crippen LogP contribution is -2.28. The molecule has 1 amide bonds. The number of amides is 1. The Balaban J connectivity index is 2.22. The molecule has 1 aromatic carbocycles. The molecule has 0 saturated carbocycles. The van der Waals surface area contributed by atoms with Crippen LogP contribution in [0.25, 0.3) is 0 Å². The van der Waals surface area contributed by atoms with Crippen molar-refractivity contribution in [1.82, 2.24) is 5.32 Å². The molecule has 0 spiro atoms. The van der Waals surface area contributed by atoms with Crippen LogP contribution in [-0.2, 0) is 4.79 Å². The van der Waals surface area contributed by atoms with E-state index in [0.717, 1.165) is 24.3 Å². The van der Waals surface area contributed by atoms with Gasteiger partial charge >= 0.3 is 0 Å². The van der Waals surface area contributed by atoms with Gasteiger partial charge in [-0.2, -0.15) is 5.26 Å². The number of anilines is 1. The Kier molecular flexibility index (Phi) is 3.29. The number of carbonyl (C=O) groups is 1. The van der Waals surface area contributed by atoms with Gasteiger partial charge in [-0.1, -0.05) is 0 Å². The van der Waals surface area contributed by atoms with E-state index in [9.17, 15) is 4.79 Å². The van der Waals surface area contributed by atoms with E-state index in [0.29, 0.717) is 18.5 Å². The molecule has 1 aliphatic heterocycles. The fourth-order valence-electron chi connectivity index (χ4n) is 2.09. The maximum absolute atomic E-state index is 11.3. The summed E-state index contributed by atoms with van der Waals surface area (Å²) in [7, 11) is 0. The maximum atomic E-state index is 11.3. The summed E-state index contributed by atoms with van der Waals surface area (Å²) in [5, 5.41) is 11.7. The first kappa shape index (κ1) is 11.5. The van der Waals surface area contributed by atoms with Gasteiger partial charge in [0.1, 0.15) is 0 Å². The number of nitrogens with one attached hydrogen (secondary N) is 1. The summed E-state index contributed by atoms with van der Waals surface area (Å²) in [6.07, 6.45) is 0.527. The van der Waals surface area contributed by atoms with Gasteiger partial charge < -0.3 is 10.2 Å². The van der Waals surface area contributed by atoms with Crippen LogP contribution in [0.4, 0.5) is 5.69 Å². The molecule has 0 unspecified atom stereocenters. The van der Waals surface area contributed by atoms with Gasteiger partial charge in [-0.3, -0.25) is 4.79 Å². The maximum Gasteiger partial charge on any atom is 0.221 e. The summed E-state index contributed by atoms with van der Waals surface area (Å²) in [6.45, 7) is 4.23. The van der Waals surface area contributed by atoms with Crippen LogP contribution in [0, 0.1) is 18.3 Å². The second-order valence-electron chi connectivity index (χ2n) is 4.20. The molecule has 1 fully saturated rings. The second-order valence-corrected chi connectivity index (χ2v) is 4.20. The molecule has 0 bridgehead atoms. The molecule has 1 N–H and O–H groups in total. The molecule has 4 heteroatoms. The van der Waals surface area contributed by atoms with E-state index in [4.69, 9.17) is 5.26 Å². The van der Waals surface area contributed by atoms with Gasteiger partial charge in [0.05, 0.1) is 11.6 Å². The predicted octanol–water partition coefficient (Wildman–Crippen LogP) is 1.19. The van der Waals surface area contributed by atoms with Gasteiger partial charge in [-0.05, 0) is 30.7 Å². The van der Waals surface area contributed by atoms with Crippen molar-refractivity contribution in [2.24, 2.45) is 0 Å². The number of hydrogen-bond acceptors (Lipinski definition) is 3. The van der Waals surface area contributed by atoms with Gasteiger partial charge in [0.15, 0.2) is 0 Å². The third-order valence-electron chi connectivity index (χ3n) is 2.98. The molecule has 2 rings (SSSR count). The highest BCUT2D eigenvalue weighted by atomic mass is 16.1. The topological polar surface area (TPSA) is 56.1 Å². The average Bonchev–Trinajstić information content (AvgIpc) is 2.54. The van der Waals surface area contributed by atoms with Gasteiger partial charge in [-0.25, -0.2) is 0 Å². The van der Waals surface area contributed by atoms with E-state index < -0.39 is 0 Å². The highest BCUT2D eigenvalue weighted by Crippen LogP contribution is 2.21. The molecule has 4 nitrogen and oxygen atoms in total. The minimum atomic E-state index is 0.110. The number of hydrogen-bond donors (Lipinski definition) is 1. The zero-order valence-electron chi connectivity index (χ0n) is 9.86. The molecular weight excluding hydrogens is 214 g/mol. The molecule has 0 radical (unpaired) electrons. The van der Waals surface area contributed by atoms with Gasteiger partial charge in [0, 0.05) is 31.7 Å². The van der Waals surface area contributed by atoms with Crippen molar-refractivity contribution in [2.45, 2.75) is 13.3 Å². The van der Waals surface area contributed by atoms with E-state index >= 15 is 0 Å². The fraction of sp³-hybridized carbons (Fsp3) is 0.385. The Labute approximate surface area is 101 Å². The fourth-order valence-corrected chi connectivity index (χ4v) is 2.09. The summed E-state index contributed by atoms with van der Waals surface area (Å²) >= 11 is 0. The lowest BCUT2D eigenvalue weighted by atomic mass is 10.1. The monoisotopic (exact) mass is 229 g/mol. The van der Waals surface area contributed by atoms with E-state index in [-0.39, 0.29) is 5.91 Å². The van der Waals surface area contributed by atoms with Crippen molar-refractivity contribution in [3.8, 4) is 6.07 Å². The Bertz CT molecular complexity index is 476. The summed E-state index contributed by atoms with van der Waals surface area (Å²) in [5.41, 5.74) is 2.87. The van der Waals surface area contributed by atoms with Crippen molar-refractivity contribution in [3.63, 3.8) is 0 Å². The standard InChI is InChI=1S/C13H15N3O/c1-10-8-11(9-14)2-3-12(10)16-6-4-13(17)15-5-7-16/h2-3,8H,4-7H2,1H3,(H,15,17). The Morgan fingerprint density at radius 2 is 2.24 bits per heavy atom. The SMILES string of the molecule is Cc1cc(C#N)ccc1N1CCNC(=O)CC1. The highest BCUT2D eigenvalue weighted by Gasteiger charge is 2.15. The highest BCUT2D eigenvalue weighted by molar-refractivity contribution is 5.77. The van der Waals surface area contributed by atoms with Crippen LogP contribution in [0.15, 0.2) is 18.2 Å².